The lowest BCUT2D eigenvalue weighted by molar-refractivity contribution is 0.251. The Kier molecular flexibility index (Phi) is 1.12. The summed E-state index contributed by atoms with van der Waals surface area (Å²) in [6.45, 7) is 3.47. The van der Waals surface area contributed by atoms with Gasteiger partial charge in [-0.2, -0.15) is 0 Å². The molecule has 0 spiro atoms. The second-order valence-electron chi connectivity index (χ2n) is 1.49. The van der Waals surface area contributed by atoms with Gasteiger partial charge in [-0.3, -0.25) is 0 Å². The van der Waals surface area contributed by atoms with Crippen molar-refractivity contribution in [1.82, 2.24) is 5.32 Å². The number of hydrogen-bond acceptors (Lipinski definition) is 1. The van der Waals surface area contributed by atoms with Gasteiger partial charge in [0, 0.05) is 6.21 Å². The molecule has 1 atom stereocenters. The molecule has 0 aliphatic carbocycles. The molecule has 8 heavy (non-hydrogen) atoms. The van der Waals surface area contributed by atoms with Crippen LogP contribution in [0.1, 0.15) is 0 Å². The van der Waals surface area contributed by atoms with Crippen molar-refractivity contribution in [3.05, 3.63) is 12.7 Å². The third-order valence-corrected chi connectivity index (χ3v) is 0.896. The standard InChI is InChI=1S/C5H6N2O/c1-2-4-3-6-5(8)7-4/h2-4H,1H2,(H,7,8). The molecule has 3 nitrogen and oxygen atoms in total. The first-order valence-electron chi connectivity index (χ1n) is 2.30. The van der Waals surface area contributed by atoms with E-state index >= 15 is 0 Å². The molecule has 0 radical (unpaired) electrons. The molecule has 0 saturated carbocycles. The lowest BCUT2D eigenvalue weighted by Crippen LogP contribution is -2.24. The van der Waals surface area contributed by atoms with E-state index in [1.807, 2.05) is 0 Å². The number of carbonyl (C=O) groups is 1. The lowest BCUT2D eigenvalue weighted by Gasteiger charge is -1.94. The van der Waals surface area contributed by atoms with Gasteiger partial charge in [-0.25, -0.2) is 9.79 Å². The lowest BCUT2D eigenvalue weighted by atomic mass is 10.3. The number of hydrogen-bond donors (Lipinski definition) is 1. The van der Waals surface area contributed by atoms with Crippen LogP contribution < -0.4 is 5.32 Å². The number of amides is 2. The summed E-state index contributed by atoms with van der Waals surface area (Å²) in [5, 5.41) is 2.52. The Hall–Kier alpha value is -1.12. The zero-order chi connectivity index (χ0) is 5.98. The topological polar surface area (TPSA) is 41.5 Å². The molecule has 1 N–H and O–H groups in total. The van der Waals surface area contributed by atoms with Crippen molar-refractivity contribution in [3.63, 3.8) is 0 Å². The normalized spacial score (nSPS) is 25.5. The minimum absolute atomic E-state index is 0.0532. The van der Waals surface area contributed by atoms with Gasteiger partial charge >= 0.3 is 6.03 Å². The van der Waals surface area contributed by atoms with Gasteiger partial charge in [0.2, 0.25) is 0 Å². The van der Waals surface area contributed by atoms with E-state index in [0.29, 0.717) is 0 Å². The van der Waals surface area contributed by atoms with Crippen LogP contribution in [0.5, 0.6) is 0 Å². The Labute approximate surface area is 47.1 Å². The molecule has 1 aliphatic heterocycles. The van der Waals surface area contributed by atoms with Crippen LogP contribution in [0.4, 0.5) is 4.79 Å². The van der Waals surface area contributed by atoms with E-state index in [2.05, 4.69) is 16.9 Å². The molecular weight excluding hydrogens is 104 g/mol. The maximum absolute atomic E-state index is 10.3. The smallest absolute Gasteiger partial charge is 0.325 e. The van der Waals surface area contributed by atoms with Crippen LogP contribution in [-0.4, -0.2) is 18.3 Å². The monoisotopic (exact) mass is 110 g/mol. The molecule has 1 rings (SSSR count). The molecule has 0 fully saturated rings. The molecule has 0 aromatic rings. The van der Waals surface area contributed by atoms with E-state index < -0.39 is 0 Å². The minimum atomic E-state index is -0.282. The Balaban J connectivity index is 2.58. The molecule has 0 aromatic heterocycles. The number of carbonyl (C=O) groups excluding carboxylic acids is 1. The summed E-state index contributed by atoms with van der Waals surface area (Å²) in [5.41, 5.74) is 0. The Bertz CT molecular complexity index is 151. The highest BCUT2D eigenvalue weighted by molar-refractivity contribution is 5.93. The minimum Gasteiger partial charge on any atom is -0.325 e. The van der Waals surface area contributed by atoms with Crippen LogP contribution in [0.15, 0.2) is 17.6 Å². The fourth-order valence-electron chi connectivity index (χ4n) is 0.485. The van der Waals surface area contributed by atoms with E-state index in [-0.39, 0.29) is 12.1 Å². The number of rotatable bonds is 1. The van der Waals surface area contributed by atoms with Crippen LogP contribution in [0.3, 0.4) is 0 Å². The van der Waals surface area contributed by atoms with Gasteiger partial charge < -0.3 is 5.32 Å². The molecule has 0 bridgehead atoms. The van der Waals surface area contributed by atoms with Crippen molar-refractivity contribution >= 4 is 12.2 Å². The van der Waals surface area contributed by atoms with Crippen LogP contribution >= 0.6 is 0 Å². The van der Waals surface area contributed by atoms with E-state index in [0.717, 1.165) is 0 Å². The van der Waals surface area contributed by atoms with Gasteiger partial charge in [-0.15, -0.1) is 6.58 Å². The molecule has 0 aromatic carbocycles. The number of aliphatic imine (C=N–C) groups is 1. The van der Waals surface area contributed by atoms with Crippen molar-refractivity contribution in [2.75, 3.05) is 0 Å². The van der Waals surface area contributed by atoms with Crippen molar-refractivity contribution in [2.24, 2.45) is 4.99 Å². The summed E-state index contributed by atoms with van der Waals surface area (Å²) in [7, 11) is 0. The molecule has 2 amide bonds. The third kappa shape index (κ3) is 0.753. The van der Waals surface area contributed by atoms with Crippen molar-refractivity contribution in [2.45, 2.75) is 6.04 Å². The molecule has 1 aliphatic rings. The van der Waals surface area contributed by atoms with E-state index in [9.17, 15) is 4.79 Å². The van der Waals surface area contributed by atoms with E-state index in [4.69, 9.17) is 0 Å². The first-order valence-corrected chi connectivity index (χ1v) is 2.30. The largest absolute Gasteiger partial charge is 0.341 e. The average Bonchev–Trinajstić information content (AvgIpc) is 2.14. The van der Waals surface area contributed by atoms with Crippen LogP contribution in [0, 0.1) is 0 Å². The first-order chi connectivity index (χ1) is 3.83. The van der Waals surface area contributed by atoms with Crippen molar-refractivity contribution in [3.8, 4) is 0 Å². The molecule has 0 saturated heterocycles. The van der Waals surface area contributed by atoms with Crippen LogP contribution in [0.25, 0.3) is 0 Å². The molecule has 1 unspecified atom stereocenters. The molecule has 3 heteroatoms. The second-order valence-corrected chi connectivity index (χ2v) is 1.49. The van der Waals surface area contributed by atoms with Gasteiger partial charge in [-0.1, -0.05) is 6.08 Å². The summed E-state index contributed by atoms with van der Waals surface area (Å²) in [5.74, 6) is 0. The summed E-state index contributed by atoms with van der Waals surface area (Å²) in [6, 6.07) is -0.336. The SMILES string of the molecule is C=CC1C=NC(=O)N1. The predicted octanol–water partition coefficient (Wildman–Crippen LogP) is 0.335. The van der Waals surface area contributed by atoms with Gasteiger partial charge in [0.25, 0.3) is 0 Å². The molecule has 42 valence electrons. The Morgan fingerprint density at radius 2 is 2.75 bits per heavy atom. The predicted molar refractivity (Wildman–Crippen MR) is 31.0 cm³/mol. The van der Waals surface area contributed by atoms with Crippen LogP contribution in [0.2, 0.25) is 0 Å². The summed E-state index contributed by atoms with van der Waals surface area (Å²) >= 11 is 0. The zero-order valence-corrected chi connectivity index (χ0v) is 4.29. The third-order valence-electron chi connectivity index (χ3n) is 0.896. The fraction of sp³-hybridized carbons (Fsp3) is 0.200. The molecule has 1 heterocycles. The maximum Gasteiger partial charge on any atom is 0.341 e. The Morgan fingerprint density at radius 3 is 3.00 bits per heavy atom. The van der Waals surface area contributed by atoms with E-state index in [1.165, 1.54) is 6.21 Å². The van der Waals surface area contributed by atoms with E-state index in [1.54, 1.807) is 6.08 Å². The summed E-state index contributed by atoms with van der Waals surface area (Å²) in [4.78, 5) is 13.7. The number of nitrogens with zero attached hydrogens (tertiary/aromatic N) is 1. The summed E-state index contributed by atoms with van der Waals surface area (Å²) in [6.07, 6.45) is 3.14. The zero-order valence-electron chi connectivity index (χ0n) is 4.29. The van der Waals surface area contributed by atoms with Gasteiger partial charge in [0.15, 0.2) is 0 Å². The fourth-order valence-corrected chi connectivity index (χ4v) is 0.485. The number of nitrogens with one attached hydrogen (secondary N) is 1. The van der Waals surface area contributed by atoms with Crippen molar-refractivity contribution < 1.29 is 4.79 Å². The summed E-state index contributed by atoms with van der Waals surface area (Å²) < 4.78 is 0. The van der Waals surface area contributed by atoms with Gasteiger partial charge in [0.05, 0.1) is 6.04 Å². The first kappa shape index (κ1) is 5.03. The average molecular weight is 110 g/mol. The van der Waals surface area contributed by atoms with Crippen molar-refractivity contribution in [1.29, 1.82) is 0 Å². The molecular formula is C5H6N2O. The quantitative estimate of drug-likeness (QED) is 0.486. The van der Waals surface area contributed by atoms with Gasteiger partial charge in [0.1, 0.15) is 0 Å². The highest BCUT2D eigenvalue weighted by Crippen LogP contribution is 1.89. The van der Waals surface area contributed by atoms with Crippen LogP contribution in [-0.2, 0) is 0 Å². The highest BCUT2D eigenvalue weighted by atomic mass is 16.2. The van der Waals surface area contributed by atoms with Gasteiger partial charge in [-0.05, 0) is 0 Å². The Morgan fingerprint density at radius 1 is 2.00 bits per heavy atom. The highest BCUT2D eigenvalue weighted by Gasteiger charge is 2.10. The maximum atomic E-state index is 10.3. The second kappa shape index (κ2) is 1.78. The number of urea groups is 1.